The lowest BCUT2D eigenvalue weighted by Gasteiger charge is -2.32. The molecule has 3 heteroatoms. The summed E-state index contributed by atoms with van der Waals surface area (Å²) in [4.78, 5) is 4.21. The first-order chi connectivity index (χ1) is 9.34. The summed E-state index contributed by atoms with van der Waals surface area (Å²) in [6.07, 6.45) is 1.62. The van der Waals surface area contributed by atoms with Crippen LogP contribution in [-0.4, -0.2) is 4.98 Å². The molecular formula is C17H19F2N. The minimum atomic E-state index is -0.563. The summed E-state index contributed by atoms with van der Waals surface area (Å²) < 4.78 is 28.0. The fourth-order valence-corrected chi connectivity index (χ4v) is 2.16. The highest BCUT2D eigenvalue weighted by molar-refractivity contribution is 5.66. The maximum atomic E-state index is 14.3. The average molecular weight is 275 g/mol. The van der Waals surface area contributed by atoms with Crippen LogP contribution in [0.2, 0.25) is 0 Å². The molecule has 0 fully saturated rings. The lowest BCUT2D eigenvalue weighted by Crippen LogP contribution is -2.26. The number of halogens is 2. The van der Waals surface area contributed by atoms with Crippen molar-refractivity contribution in [3.63, 3.8) is 0 Å². The van der Waals surface area contributed by atoms with Crippen LogP contribution in [0.1, 0.15) is 33.3 Å². The van der Waals surface area contributed by atoms with Crippen molar-refractivity contribution < 1.29 is 8.78 Å². The van der Waals surface area contributed by atoms with Crippen LogP contribution in [-0.2, 0) is 5.41 Å². The van der Waals surface area contributed by atoms with Gasteiger partial charge in [-0.3, -0.25) is 4.98 Å². The van der Waals surface area contributed by atoms with Crippen molar-refractivity contribution in [1.82, 2.24) is 4.98 Å². The zero-order chi connectivity index (χ0) is 14.9. The van der Waals surface area contributed by atoms with Gasteiger partial charge < -0.3 is 0 Å². The highest BCUT2D eigenvalue weighted by Crippen LogP contribution is 2.39. The van der Waals surface area contributed by atoms with Crippen LogP contribution in [0.3, 0.4) is 0 Å². The average Bonchev–Trinajstić information content (AvgIpc) is 2.38. The van der Waals surface area contributed by atoms with Gasteiger partial charge in [0.1, 0.15) is 11.6 Å². The summed E-state index contributed by atoms with van der Waals surface area (Å²) in [6, 6.07) is 7.67. The lowest BCUT2D eigenvalue weighted by molar-refractivity contribution is 0.369. The maximum Gasteiger partial charge on any atom is 0.135 e. The van der Waals surface area contributed by atoms with E-state index < -0.39 is 11.6 Å². The molecule has 106 valence electrons. The van der Waals surface area contributed by atoms with E-state index in [-0.39, 0.29) is 11.3 Å². The highest BCUT2D eigenvalue weighted by atomic mass is 19.1. The number of hydrogen-bond donors (Lipinski definition) is 0. The SMILES string of the molecule is CC(C)C(C)(C)c1cc(F)cc(F)c1-c1ccccn1. The largest absolute Gasteiger partial charge is 0.256 e. The Labute approximate surface area is 118 Å². The van der Waals surface area contributed by atoms with Crippen LogP contribution in [0, 0.1) is 17.6 Å². The Morgan fingerprint density at radius 2 is 1.80 bits per heavy atom. The van der Waals surface area contributed by atoms with E-state index in [9.17, 15) is 8.78 Å². The second-order valence-corrected chi connectivity index (χ2v) is 5.90. The van der Waals surface area contributed by atoms with E-state index in [1.165, 1.54) is 6.07 Å². The van der Waals surface area contributed by atoms with Crippen LogP contribution >= 0.6 is 0 Å². The monoisotopic (exact) mass is 275 g/mol. The van der Waals surface area contributed by atoms with Gasteiger partial charge in [-0.1, -0.05) is 33.8 Å². The molecular weight excluding hydrogens is 256 g/mol. The first-order valence-electron chi connectivity index (χ1n) is 6.75. The standard InChI is InChI=1S/C17H19F2N/c1-11(2)17(3,4)13-9-12(18)10-14(19)16(13)15-7-5-6-8-20-15/h5-11H,1-4H3. The molecule has 0 aliphatic heterocycles. The predicted octanol–water partition coefficient (Wildman–Crippen LogP) is 4.96. The number of pyridine rings is 1. The number of hydrogen-bond acceptors (Lipinski definition) is 1. The topological polar surface area (TPSA) is 12.9 Å². The van der Waals surface area contributed by atoms with Crippen molar-refractivity contribution in [2.45, 2.75) is 33.1 Å². The van der Waals surface area contributed by atoms with Crippen molar-refractivity contribution in [3.05, 3.63) is 53.7 Å². The fourth-order valence-electron chi connectivity index (χ4n) is 2.16. The molecule has 0 atom stereocenters. The molecule has 1 nitrogen and oxygen atoms in total. The molecule has 0 saturated heterocycles. The van der Waals surface area contributed by atoms with Gasteiger partial charge in [0.05, 0.1) is 5.69 Å². The van der Waals surface area contributed by atoms with E-state index >= 15 is 0 Å². The van der Waals surface area contributed by atoms with E-state index in [0.717, 1.165) is 6.07 Å². The van der Waals surface area contributed by atoms with Crippen molar-refractivity contribution in [2.75, 3.05) is 0 Å². The molecule has 0 aliphatic rings. The van der Waals surface area contributed by atoms with Crippen molar-refractivity contribution in [2.24, 2.45) is 5.92 Å². The molecule has 1 heterocycles. The maximum absolute atomic E-state index is 14.3. The molecule has 0 unspecified atom stereocenters. The highest BCUT2D eigenvalue weighted by Gasteiger charge is 2.30. The Kier molecular flexibility index (Phi) is 3.89. The third kappa shape index (κ3) is 2.58. The van der Waals surface area contributed by atoms with Gasteiger partial charge in [-0.15, -0.1) is 0 Å². The first-order valence-corrected chi connectivity index (χ1v) is 6.75. The summed E-state index contributed by atoms with van der Waals surface area (Å²) in [5.41, 5.74) is 1.23. The summed E-state index contributed by atoms with van der Waals surface area (Å²) in [7, 11) is 0. The number of aromatic nitrogens is 1. The van der Waals surface area contributed by atoms with Gasteiger partial charge in [0, 0.05) is 17.8 Å². The summed E-state index contributed by atoms with van der Waals surface area (Å²) in [5, 5.41) is 0. The molecule has 0 radical (unpaired) electrons. The number of rotatable bonds is 3. The first kappa shape index (κ1) is 14.6. The molecule has 0 spiro atoms. The van der Waals surface area contributed by atoms with Gasteiger partial charge >= 0.3 is 0 Å². The minimum Gasteiger partial charge on any atom is -0.256 e. The normalized spacial score (nSPS) is 11.9. The summed E-state index contributed by atoms with van der Waals surface area (Å²) in [6.45, 7) is 8.09. The fraction of sp³-hybridized carbons (Fsp3) is 0.353. The van der Waals surface area contributed by atoms with E-state index in [0.29, 0.717) is 16.8 Å². The van der Waals surface area contributed by atoms with Crippen LogP contribution in [0.4, 0.5) is 8.78 Å². The van der Waals surface area contributed by atoms with Crippen LogP contribution in [0.5, 0.6) is 0 Å². The molecule has 0 saturated carbocycles. The molecule has 2 rings (SSSR count). The minimum absolute atomic E-state index is 0.242. The van der Waals surface area contributed by atoms with E-state index in [4.69, 9.17) is 0 Å². The molecule has 0 N–H and O–H groups in total. The summed E-state index contributed by atoms with van der Waals surface area (Å²) in [5.74, 6) is -0.871. The predicted molar refractivity (Wildman–Crippen MR) is 77.5 cm³/mol. The van der Waals surface area contributed by atoms with Gasteiger partial charge in [0.25, 0.3) is 0 Å². The Hall–Kier alpha value is -1.77. The molecule has 2 aromatic rings. The third-order valence-electron chi connectivity index (χ3n) is 4.11. The van der Waals surface area contributed by atoms with Gasteiger partial charge in [-0.2, -0.15) is 0 Å². The zero-order valence-electron chi connectivity index (χ0n) is 12.2. The van der Waals surface area contributed by atoms with E-state index in [2.05, 4.69) is 4.98 Å². The van der Waals surface area contributed by atoms with E-state index in [1.54, 1.807) is 24.4 Å². The quantitative estimate of drug-likeness (QED) is 0.771. The second kappa shape index (κ2) is 5.31. The third-order valence-corrected chi connectivity index (χ3v) is 4.11. The smallest absolute Gasteiger partial charge is 0.135 e. The Bertz CT molecular complexity index is 604. The van der Waals surface area contributed by atoms with Crippen molar-refractivity contribution in [1.29, 1.82) is 0 Å². The molecule has 0 aliphatic carbocycles. The van der Waals surface area contributed by atoms with Crippen molar-refractivity contribution in [3.8, 4) is 11.3 Å². The zero-order valence-corrected chi connectivity index (χ0v) is 12.2. The Morgan fingerprint density at radius 3 is 2.35 bits per heavy atom. The molecule has 20 heavy (non-hydrogen) atoms. The number of benzene rings is 1. The molecule has 1 aromatic carbocycles. The number of nitrogens with zero attached hydrogens (tertiary/aromatic N) is 1. The lowest BCUT2D eigenvalue weighted by atomic mass is 9.73. The van der Waals surface area contributed by atoms with Gasteiger partial charge in [-0.05, 0) is 35.1 Å². The second-order valence-electron chi connectivity index (χ2n) is 5.90. The Balaban J connectivity index is 2.74. The molecule has 0 amide bonds. The van der Waals surface area contributed by atoms with Gasteiger partial charge in [0.2, 0.25) is 0 Å². The van der Waals surface area contributed by atoms with Crippen LogP contribution in [0.25, 0.3) is 11.3 Å². The van der Waals surface area contributed by atoms with E-state index in [1.807, 2.05) is 27.7 Å². The van der Waals surface area contributed by atoms with Gasteiger partial charge in [0.15, 0.2) is 0 Å². The van der Waals surface area contributed by atoms with Crippen LogP contribution < -0.4 is 0 Å². The molecule has 1 aromatic heterocycles. The Morgan fingerprint density at radius 1 is 1.10 bits per heavy atom. The van der Waals surface area contributed by atoms with Gasteiger partial charge in [-0.25, -0.2) is 8.78 Å². The van der Waals surface area contributed by atoms with Crippen LogP contribution in [0.15, 0.2) is 36.5 Å². The van der Waals surface area contributed by atoms with Crippen molar-refractivity contribution >= 4 is 0 Å². The molecule has 0 bridgehead atoms. The summed E-state index contributed by atoms with van der Waals surface area (Å²) >= 11 is 0.